The minimum Gasteiger partial charge on any atom is -0.400 e. The summed E-state index contributed by atoms with van der Waals surface area (Å²) in [6.45, 7) is 8.16. The third-order valence-corrected chi connectivity index (χ3v) is 4.87. The van der Waals surface area contributed by atoms with Crippen molar-refractivity contribution in [3.05, 3.63) is 12.1 Å². The van der Waals surface area contributed by atoms with Crippen LogP contribution in [0.15, 0.2) is 12.1 Å². The Balaban J connectivity index is 1.89. The Morgan fingerprint density at radius 3 is 2.11 bits per heavy atom. The van der Waals surface area contributed by atoms with Crippen LogP contribution in [0.25, 0.3) is 0 Å². The fraction of sp³-hybridized carbons (Fsp3) is 0.867. The summed E-state index contributed by atoms with van der Waals surface area (Å²) in [4.78, 5) is 0. The van der Waals surface area contributed by atoms with Crippen molar-refractivity contribution < 1.29 is 14.4 Å². The van der Waals surface area contributed by atoms with Gasteiger partial charge in [0.1, 0.15) is 0 Å². The van der Waals surface area contributed by atoms with Crippen molar-refractivity contribution in [3.63, 3.8) is 0 Å². The van der Waals surface area contributed by atoms with Crippen molar-refractivity contribution in [2.45, 2.75) is 77.1 Å². The van der Waals surface area contributed by atoms with Gasteiger partial charge in [-0.3, -0.25) is 0 Å². The number of rotatable bonds is 3. The zero-order chi connectivity index (χ0) is 14.1. The highest BCUT2D eigenvalue weighted by atomic mass is 16.7. The Labute approximate surface area is 117 Å². The van der Waals surface area contributed by atoms with E-state index in [-0.39, 0.29) is 24.4 Å². The van der Waals surface area contributed by atoms with Gasteiger partial charge < -0.3 is 14.4 Å². The quantitative estimate of drug-likeness (QED) is 0.798. The molecule has 0 amide bonds. The van der Waals surface area contributed by atoms with E-state index < -0.39 is 0 Å². The lowest BCUT2D eigenvalue weighted by atomic mass is 9.82. The Morgan fingerprint density at radius 2 is 1.58 bits per heavy atom. The van der Waals surface area contributed by atoms with E-state index in [0.29, 0.717) is 5.92 Å². The minimum atomic E-state index is -0.362. The molecule has 0 bridgehead atoms. The van der Waals surface area contributed by atoms with Crippen molar-refractivity contribution in [2.75, 3.05) is 0 Å². The predicted octanol–water partition coefficient (Wildman–Crippen LogP) is 3.12. The van der Waals surface area contributed by atoms with Crippen LogP contribution in [0.2, 0.25) is 0 Å². The second-order valence-corrected chi connectivity index (χ2v) is 6.90. The molecule has 0 aromatic heterocycles. The van der Waals surface area contributed by atoms with E-state index in [9.17, 15) is 5.11 Å². The first-order valence-electron chi connectivity index (χ1n) is 7.54. The van der Waals surface area contributed by atoms with Gasteiger partial charge in [0, 0.05) is 0 Å². The summed E-state index contributed by atoms with van der Waals surface area (Å²) < 4.78 is 11.8. The van der Waals surface area contributed by atoms with E-state index >= 15 is 0 Å². The van der Waals surface area contributed by atoms with Crippen LogP contribution >= 0.6 is 0 Å². The maximum atomic E-state index is 10.2. The van der Waals surface area contributed by atoms with Crippen LogP contribution in [0.5, 0.6) is 0 Å². The summed E-state index contributed by atoms with van der Waals surface area (Å²) >= 11 is 0. The van der Waals surface area contributed by atoms with Crippen LogP contribution in [-0.2, 0) is 9.31 Å². The lowest BCUT2D eigenvalue weighted by Gasteiger charge is -2.32. The Kier molecular flexibility index (Phi) is 4.43. The van der Waals surface area contributed by atoms with Crippen molar-refractivity contribution >= 4 is 7.12 Å². The van der Waals surface area contributed by atoms with Crippen LogP contribution in [0, 0.1) is 5.92 Å². The molecule has 1 saturated heterocycles. The van der Waals surface area contributed by atoms with E-state index in [4.69, 9.17) is 9.31 Å². The monoisotopic (exact) mass is 266 g/mol. The molecule has 0 aromatic rings. The van der Waals surface area contributed by atoms with Gasteiger partial charge in [0.15, 0.2) is 0 Å². The summed E-state index contributed by atoms with van der Waals surface area (Å²) in [7, 11) is -0.344. The van der Waals surface area contributed by atoms with Gasteiger partial charge in [-0.2, -0.15) is 0 Å². The Hall–Kier alpha value is -0.315. The lowest BCUT2D eigenvalue weighted by Crippen LogP contribution is -2.41. The molecule has 108 valence electrons. The average molecular weight is 266 g/mol. The summed E-state index contributed by atoms with van der Waals surface area (Å²) in [5, 5.41) is 10.2. The van der Waals surface area contributed by atoms with Crippen molar-refractivity contribution in [1.29, 1.82) is 0 Å². The SMILES string of the molecule is CC1(C)OB(/C=C/C(O)C2CCCCC2)OC1(C)C. The van der Waals surface area contributed by atoms with Crippen molar-refractivity contribution in [2.24, 2.45) is 5.92 Å². The molecule has 1 unspecified atom stereocenters. The molecule has 2 rings (SSSR count). The van der Waals surface area contributed by atoms with E-state index in [1.807, 2.05) is 39.7 Å². The first-order chi connectivity index (χ1) is 8.82. The number of hydrogen-bond acceptors (Lipinski definition) is 3. The van der Waals surface area contributed by atoms with Gasteiger partial charge in [0.05, 0.1) is 17.3 Å². The molecule has 2 fully saturated rings. The largest absolute Gasteiger partial charge is 0.486 e. The standard InChI is InChI=1S/C15H27BO3/c1-14(2)15(3,4)19-16(18-14)11-10-13(17)12-8-6-5-7-9-12/h10-13,17H,5-9H2,1-4H3/b11-10+. The predicted molar refractivity (Wildman–Crippen MR) is 77.8 cm³/mol. The smallest absolute Gasteiger partial charge is 0.400 e. The molecule has 0 aromatic carbocycles. The molecule has 1 heterocycles. The zero-order valence-electron chi connectivity index (χ0n) is 12.7. The van der Waals surface area contributed by atoms with Crippen molar-refractivity contribution in [1.82, 2.24) is 0 Å². The molecule has 1 aliphatic heterocycles. The number of hydrogen-bond donors (Lipinski definition) is 1. The van der Waals surface area contributed by atoms with Crippen molar-refractivity contribution in [3.8, 4) is 0 Å². The highest BCUT2D eigenvalue weighted by Crippen LogP contribution is 2.37. The topological polar surface area (TPSA) is 38.7 Å². The van der Waals surface area contributed by atoms with Gasteiger partial charge in [-0.05, 0) is 46.5 Å². The normalized spacial score (nSPS) is 29.0. The molecule has 1 N–H and O–H groups in total. The highest BCUT2D eigenvalue weighted by Gasteiger charge is 2.50. The van der Waals surface area contributed by atoms with Gasteiger partial charge in [-0.1, -0.05) is 31.3 Å². The summed E-state index contributed by atoms with van der Waals surface area (Å²) in [6.07, 6.45) is 7.56. The summed E-state index contributed by atoms with van der Waals surface area (Å²) in [5.41, 5.74) is -0.615. The third kappa shape index (κ3) is 3.42. The number of aliphatic hydroxyl groups excluding tert-OH is 1. The fourth-order valence-corrected chi connectivity index (χ4v) is 2.80. The van der Waals surface area contributed by atoms with E-state index in [2.05, 4.69) is 0 Å². The molecule has 4 heteroatoms. The molecular weight excluding hydrogens is 239 g/mol. The summed E-state index contributed by atoms with van der Waals surface area (Å²) in [6, 6.07) is 0. The minimum absolute atomic E-state index is 0.308. The van der Waals surface area contributed by atoms with Gasteiger partial charge >= 0.3 is 7.12 Å². The van der Waals surface area contributed by atoms with Gasteiger partial charge in [-0.15, -0.1) is 0 Å². The molecule has 2 aliphatic rings. The first-order valence-corrected chi connectivity index (χ1v) is 7.54. The highest BCUT2D eigenvalue weighted by molar-refractivity contribution is 6.51. The van der Waals surface area contributed by atoms with Crippen LogP contribution in [0.1, 0.15) is 59.8 Å². The molecule has 1 aliphatic carbocycles. The second kappa shape index (κ2) is 5.59. The first kappa shape index (κ1) is 15.1. The van der Waals surface area contributed by atoms with Crippen LogP contribution < -0.4 is 0 Å². The molecule has 1 saturated carbocycles. The Bertz CT molecular complexity index is 316. The maximum absolute atomic E-state index is 10.2. The van der Waals surface area contributed by atoms with E-state index in [0.717, 1.165) is 12.8 Å². The molecule has 0 spiro atoms. The summed E-state index contributed by atoms with van der Waals surface area (Å²) in [5.74, 6) is 2.28. The van der Waals surface area contributed by atoms with Crippen LogP contribution in [-0.4, -0.2) is 29.5 Å². The van der Waals surface area contributed by atoms with E-state index in [1.54, 1.807) is 0 Å². The molecule has 19 heavy (non-hydrogen) atoms. The van der Waals surface area contributed by atoms with Crippen LogP contribution in [0.3, 0.4) is 0 Å². The molecule has 3 nitrogen and oxygen atoms in total. The molecule has 1 atom stereocenters. The Morgan fingerprint density at radius 1 is 1.05 bits per heavy atom. The molecular formula is C15H27BO3. The fourth-order valence-electron chi connectivity index (χ4n) is 2.80. The van der Waals surface area contributed by atoms with E-state index in [1.165, 1.54) is 19.3 Å². The maximum Gasteiger partial charge on any atom is 0.486 e. The van der Waals surface area contributed by atoms with Gasteiger partial charge in [0.2, 0.25) is 0 Å². The van der Waals surface area contributed by atoms with Crippen LogP contribution in [0.4, 0.5) is 0 Å². The second-order valence-electron chi connectivity index (χ2n) is 6.90. The lowest BCUT2D eigenvalue weighted by molar-refractivity contribution is 0.00578. The van der Waals surface area contributed by atoms with Gasteiger partial charge in [-0.25, -0.2) is 0 Å². The zero-order valence-corrected chi connectivity index (χ0v) is 12.7. The third-order valence-electron chi connectivity index (χ3n) is 4.87. The number of aliphatic hydroxyl groups is 1. The molecule has 0 radical (unpaired) electrons. The van der Waals surface area contributed by atoms with Gasteiger partial charge in [0.25, 0.3) is 0 Å². The average Bonchev–Trinajstić information content (AvgIpc) is 2.56.